The van der Waals surface area contributed by atoms with Gasteiger partial charge in [0.05, 0.1) is 6.61 Å². The van der Waals surface area contributed by atoms with Crippen LogP contribution < -0.4 is 16.7 Å². The topological polar surface area (TPSA) is 160 Å². The third-order valence-electron chi connectivity index (χ3n) is 2.69. The van der Waals surface area contributed by atoms with Crippen LogP contribution in [-0.2, 0) is 24.3 Å². The van der Waals surface area contributed by atoms with Crippen molar-refractivity contribution in [2.45, 2.75) is 25.3 Å². The van der Waals surface area contributed by atoms with Gasteiger partial charge in [-0.2, -0.15) is 13.9 Å². The van der Waals surface area contributed by atoms with Crippen LogP contribution in [0.15, 0.2) is 0 Å². The Hall–Kier alpha value is -1.47. The van der Waals surface area contributed by atoms with E-state index in [-0.39, 0.29) is 19.7 Å². The highest BCUT2D eigenvalue weighted by atomic mass is 32.3. The van der Waals surface area contributed by atoms with Crippen molar-refractivity contribution in [3.05, 3.63) is 0 Å². The summed E-state index contributed by atoms with van der Waals surface area (Å²) in [6.45, 7) is 0.573. The van der Waals surface area contributed by atoms with Crippen LogP contribution in [0.3, 0.4) is 0 Å². The third-order valence-corrected chi connectivity index (χ3v) is 2.99. The molecule has 12 heteroatoms. The summed E-state index contributed by atoms with van der Waals surface area (Å²) in [7, 11) is -4.81. The largest absolute Gasteiger partial charge is 0.418 e. The van der Waals surface area contributed by atoms with Gasteiger partial charge in [0.2, 0.25) is 0 Å². The van der Waals surface area contributed by atoms with Crippen molar-refractivity contribution in [3.8, 4) is 0 Å². The van der Waals surface area contributed by atoms with E-state index < -0.39 is 28.4 Å². The number of urea groups is 1. The van der Waals surface area contributed by atoms with E-state index in [4.69, 9.17) is 15.1 Å². The maximum absolute atomic E-state index is 11.9. The molecular weight excluding hydrogens is 308 g/mol. The number of nitrogens with two attached hydrogens (primary N) is 1. The summed E-state index contributed by atoms with van der Waals surface area (Å²) in [4.78, 5) is 29.5. The van der Waals surface area contributed by atoms with E-state index in [0.29, 0.717) is 12.8 Å². The number of likely N-dealkylation sites (tertiary alicyclic amines) is 1. The first-order valence-electron chi connectivity index (χ1n) is 6.19. The third kappa shape index (κ3) is 6.22. The van der Waals surface area contributed by atoms with Gasteiger partial charge in [-0.3, -0.25) is 14.2 Å². The number of nitrogens with one attached hydrogen (secondary N) is 2. The van der Waals surface area contributed by atoms with Crippen molar-refractivity contribution in [2.75, 3.05) is 19.7 Å². The van der Waals surface area contributed by atoms with E-state index in [0.717, 1.165) is 11.3 Å². The second-order valence-corrected chi connectivity index (χ2v) is 5.25. The van der Waals surface area contributed by atoms with E-state index in [2.05, 4.69) is 9.76 Å². The predicted octanol–water partition coefficient (Wildman–Crippen LogP) is -1.71. The minimum absolute atomic E-state index is 0.122. The average molecular weight is 326 g/mol. The van der Waals surface area contributed by atoms with E-state index in [1.165, 1.54) is 0 Å². The summed E-state index contributed by atoms with van der Waals surface area (Å²) >= 11 is 0. The highest BCUT2D eigenvalue weighted by Crippen LogP contribution is 2.17. The van der Waals surface area contributed by atoms with Crippen LogP contribution in [0.4, 0.5) is 4.79 Å². The molecular formula is C9H18N4O7S. The smallest absolute Gasteiger partial charge is 0.328 e. The van der Waals surface area contributed by atoms with Crippen molar-refractivity contribution in [1.82, 2.24) is 15.9 Å². The van der Waals surface area contributed by atoms with Crippen molar-refractivity contribution in [2.24, 2.45) is 5.73 Å². The van der Waals surface area contributed by atoms with Crippen LogP contribution >= 0.6 is 0 Å². The van der Waals surface area contributed by atoms with Gasteiger partial charge in [0.1, 0.15) is 6.04 Å². The van der Waals surface area contributed by atoms with E-state index in [9.17, 15) is 18.0 Å². The van der Waals surface area contributed by atoms with Gasteiger partial charge in [-0.15, -0.1) is 4.28 Å². The number of piperidine rings is 1. The zero-order valence-electron chi connectivity index (χ0n) is 11.1. The molecule has 1 rings (SSSR count). The Balaban J connectivity index is 2.59. The minimum Gasteiger partial charge on any atom is -0.328 e. The molecule has 1 unspecified atom stereocenters. The number of hydroxylamine groups is 2. The van der Waals surface area contributed by atoms with Crippen molar-refractivity contribution in [3.63, 3.8) is 0 Å². The fourth-order valence-electron chi connectivity index (χ4n) is 1.84. The summed E-state index contributed by atoms with van der Waals surface area (Å²) in [5.41, 5.74) is 8.92. The van der Waals surface area contributed by atoms with Gasteiger partial charge < -0.3 is 10.6 Å². The van der Waals surface area contributed by atoms with Crippen LogP contribution in [0.5, 0.6) is 0 Å². The van der Waals surface area contributed by atoms with Gasteiger partial charge in [0.15, 0.2) is 0 Å². The molecule has 0 saturated carbocycles. The number of rotatable bonds is 6. The highest BCUT2D eigenvalue weighted by molar-refractivity contribution is 7.80. The lowest BCUT2D eigenvalue weighted by Crippen LogP contribution is -2.55. The standard InChI is InChI=1S/C9H18N4O7S/c10-4-6-19-11-8(14)7-3-1-2-5-13(7)9(15)12-20-21(16,17)18/h7H,1-6,10H2,(H,11,14)(H,12,15)(H,16,17,18). The predicted molar refractivity (Wildman–Crippen MR) is 68.7 cm³/mol. The molecule has 3 amide bonds. The summed E-state index contributed by atoms with van der Waals surface area (Å²) < 4.78 is 33.0. The first-order chi connectivity index (χ1) is 9.85. The molecule has 1 atom stereocenters. The van der Waals surface area contributed by atoms with Crippen LogP contribution in [0.2, 0.25) is 0 Å². The lowest BCUT2D eigenvalue weighted by Gasteiger charge is -2.33. The molecule has 0 aromatic carbocycles. The normalized spacial score (nSPS) is 19.1. The number of carbonyl (C=O) groups is 2. The first kappa shape index (κ1) is 17.6. The fraction of sp³-hybridized carbons (Fsp3) is 0.778. The van der Waals surface area contributed by atoms with Crippen molar-refractivity contribution in [1.29, 1.82) is 0 Å². The van der Waals surface area contributed by atoms with Crippen LogP contribution in [-0.4, -0.2) is 55.5 Å². The maximum Gasteiger partial charge on any atom is 0.418 e. The molecule has 1 saturated heterocycles. The average Bonchev–Trinajstić information content (AvgIpc) is 2.44. The Bertz CT molecular complexity index is 469. The van der Waals surface area contributed by atoms with Gasteiger partial charge in [-0.25, -0.2) is 10.3 Å². The molecule has 0 spiro atoms. The van der Waals surface area contributed by atoms with Gasteiger partial charge in [0, 0.05) is 13.1 Å². The van der Waals surface area contributed by atoms with E-state index in [1.54, 1.807) is 5.48 Å². The Morgan fingerprint density at radius 2 is 2.05 bits per heavy atom. The number of hydrogen-bond acceptors (Lipinski definition) is 7. The molecule has 0 aromatic rings. The zero-order valence-corrected chi connectivity index (χ0v) is 12.0. The summed E-state index contributed by atoms with van der Waals surface area (Å²) in [6, 6.07) is -1.78. The zero-order chi connectivity index (χ0) is 15.9. The first-order valence-corrected chi connectivity index (χ1v) is 7.56. The molecule has 21 heavy (non-hydrogen) atoms. The minimum atomic E-state index is -4.81. The summed E-state index contributed by atoms with van der Waals surface area (Å²) in [5, 5.41) is 0. The lowest BCUT2D eigenvalue weighted by molar-refractivity contribution is -0.139. The van der Waals surface area contributed by atoms with Gasteiger partial charge >= 0.3 is 16.4 Å². The SMILES string of the molecule is NCCONC(=O)C1CCCCN1C(=O)NOS(=O)(=O)O. The monoisotopic (exact) mass is 326 g/mol. The quantitative estimate of drug-likeness (QED) is 0.255. The van der Waals surface area contributed by atoms with Crippen molar-refractivity contribution < 1.29 is 31.7 Å². The Labute approximate surface area is 121 Å². The Morgan fingerprint density at radius 3 is 2.67 bits per heavy atom. The van der Waals surface area contributed by atoms with E-state index in [1.807, 2.05) is 0 Å². The lowest BCUT2D eigenvalue weighted by atomic mass is 10.0. The summed E-state index contributed by atoms with van der Waals surface area (Å²) in [5.74, 6) is -0.551. The number of carbonyl (C=O) groups excluding carboxylic acids is 2. The molecule has 5 N–H and O–H groups in total. The van der Waals surface area contributed by atoms with Crippen LogP contribution in [0.25, 0.3) is 0 Å². The summed E-state index contributed by atoms with van der Waals surface area (Å²) in [6.07, 6.45) is 1.75. The molecule has 1 fully saturated rings. The van der Waals surface area contributed by atoms with E-state index >= 15 is 0 Å². The molecule has 1 heterocycles. The van der Waals surface area contributed by atoms with Gasteiger partial charge in [-0.05, 0) is 19.3 Å². The second-order valence-electron chi connectivity index (χ2n) is 4.23. The van der Waals surface area contributed by atoms with Crippen molar-refractivity contribution >= 4 is 22.3 Å². The van der Waals surface area contributed by atoms with Gasteiger partial charge in [-0.1, -0.05) is 0 Å². The molecule has 122 valence electrons. The maximum atomic E-state index is 11.9. The number of amides is 3. The van der Waals surface area contributed by atoms with Crippen LogP contribution in [0.1, 0.15) is 19.3 Å². The molecule has 1 aliphatic rings. The molecule has 0 aromatic heterocycles. The molecule has 1 aliphatic heterocycles. The highest BCUT2D eigenvalue weighted by Gasteiger charge is 2.33. The fourth-order valence-corrected chi connectivity index (χ4v) is 2.02. The second kappa shape index (κ2) is 8.09. The van der Waals surface area contributed by atoms with Gasteiger partial charge in [0.25, 0.3) is 5.91 Å². The van der Waals surface area contributed by atoms with Crippen LogP contribution in [0, 0.1) is 0 Å². The molecule has 0 bridgehead atoms. The Morgan fingerprint density at radius 1 is 1.33 bits per heavy atom. The number of nitrogens with zero attached hydrogens (tertiary/aromatic N) is 1. The molecule has 0 radical (unpaired) electrons. The Kier molecular flexibility index (Phi) is 6.77. The number of hydrogen-bond donors (Lipinski definition) is 4. The molecule has 11 nitrogen and oxygen atoms in total. The molecule has 0 aliphatic carbocycles.